The lowest BCUT2D eigenvalue weighted by Gasteiger charge is -2.47. The summed E-state index contributed by atoms with van der Waals surface area (Å²) in [5.74, 6) is 0. The van der Waals surface area contributed by atoms with Crippen LogP contribution >= 0.6 is 0 Å². The number of hydrogen-bond donors (Lipinski definition) is 0. The van der Waals surface area contributed by atoms with Gasteiger partial charge < -0.3 is 8.82 Å². The van der Waals surface area contributed by atoms with Gasteiger partial charge in [0.05, 0.1) is 39.3 Å². The zero-order valence-electron chi connectivity index (χ0n) is 29.9. The molecule has 2 aliphatic heterocycles. The van der Waals surface area contributed by atoms with E-state index >= 15 is 0 Å². The quantitative estimate of drug-likeness (QED) is 0.146. The van der Waals surface area contributed by atoms with Crippen LogP contribution in [-0.2, 0) is 17.4 Å². The van der Waals surface area contributed by atoms with Crippen LogP contribution in [0, 0.1) is 0 Å². The number of para-hydroxylation sites is 2. The van der Waals surface area contributed by atoms with E-state index in [9.17, 15) is 0 Å². The molecule has 12 rings (SSSR count). The number of benzene rings is 5. The summed E-state index contributed by atoms with van der Waals surface area (Å²) in [7, 11) is 0. The second kappa shape index (κ2) is 9.99. The van der Waals surface area contributed by atoms with Crippen molar-refractivity contribution >= 4 is 65.7 Å². The van der Waals surface area contributed by atoms with Crippen molar-refractivity contribution in [3.8, 4) is 22.5 Å². The number of pyridine rings is 2. The van der Waals surface area contributed by atoms with Crippen LogP contribution < -0.4 is 9.13 Å². The highest BCUT2D eigenvalue weighted by Crippen LogP contribution is 2.54. The van der Waals surface area contributed by atoms with Gasteiger partial charge in [-0.2, -0.15) is 9.13 Å². The van der Waals surface area contributed by atoms with Crippen molar-refractivity contribution in [3.05, 3.63) is 157 Å². The van der Waals surface area contributed by atoms with Gasteiger partial charge in [-0.3, -0.25) is 0 Å². The van der Waals surface area contributed by atoms with Crippen LogP contribution in [0.4, 0.5) is 0 Å². The average molecular weight is 684 g/mol. The first-order valence-corrected chi connectivity index (χ1v) is 18.8. The van der Waals surface area contributed by atoms with E-state index in [1.165, 1.54) is 77.1 Å². The van der Waals surface area contributed by atoms with Gasteiger partial charge >= 0.3 is 0 Å². The lowest BCUT2D eigenvalue weighted by Crippen LogP contribution is -2.68. The lowest BCUT2D eigenvalue weighted by atomic mass is 9.59. The Bertz CT molecular complexity index is 3220. The van der Waals surface area contributed by atoms with Gasteiger partial charge in [0.25, 0.3) is 0 Å². The third-order valence-corrected chi connectivity index (χ3v) is 13.3. The lowest BCUT2D eigenvalue weighted by molar-refractivity contribution is -0.766. The minimum atomic E-state index is -0.313. The van der Waals surface area contributed by atoms with E-state index in [2.05, 4.69) is 167 Å². The molecule has 10 aromatic rings. The Kier molecular flexibility index (Phi) is 5.53. The first-order chi connectivity index (χ1) is 25.9. The van der Waals surface area contributed by atoms with Crippen molar-refractivity contribution in [1.29, 1.82) is 0 Å². The van der Waals surface area contributed by atoms with E-state index < -0.39 is 0 Å². The molecule has 0 spiro atoms. The largest absolute Gasteiger partial charge is 0.455 e. The summed E-state index contributed by atoms with van der Waals surface area (Å²) in [6, 6.07) is 47.0. The van der Waals surface area contributed by atoms with Crippen LogP contribution in [0.5, 0.6) is 0 Å². The van der Waals surface area contributed by atoms with Crippen molar-refractivity contribution in [2.24, 2.45) is 0 Å². The van der Waals surface area contributed by atoms with E-state index in [-0.39, 0.29) is 11.0 Å². The molecule has 4 heteroatoms. The molecule has 7 heterocycles. The molecule has 4 nitrogen and oxygen atoms in total. The molecular formula is C49H37N3O+2. The summed E-state index contributed by atoms with van der Waals surface area (Å²) in [4.78, 5) is 0. The average Bonchev–Trinajstić information content (AvgIpc) is 3.85. The summed E-state index contributed by atoms with van der Waals surface area (Å²) in [6.45, 7) is 9.82. The highest BCUT2D eigenvalue weighted by Gasteiger charge is 2.59. The number of aromatic nitrogens is 3. The Labute approximate surface area is 306 Å². The first-order valence-electron chi connectivity index (χ1n) is 18.8. The van der Waals surface area contributed by atoms with Gasteiger partial charge in [0, 0.05) is 63.7 Å². The van der Waals surface area contributed by atoms with Crippen molar-refractivity contribution < 1.29 is 13.6 Å². The predicted molar refractivity (Wildman–Crippen MR) is 215 cm³/mol. The zero-order valence-corrected chi connectivity index (χ0v) is 29.9. The number of allylic oxidation sites excluding steroid dienone is 1. The molecule has 0 radical (unpaired) electrons. The maximum absolute atomic E-state index is 6.70. The molecule has 0 bridgehead atoms. The fraction of sp³-hybridized carbons (Fsp3) is 0.143. The van der Waals surface area contributed by atoms with Gasteiger partial charge in [-0.15, -0.1) is 0 Å². The summed E-state index contributed by atoms with van der Waals surface area (Å²) in [5, 5.41) is 7.32. The molecule has 2 atom stereocenters. The van der Waals surface area contributed by atoms with Gasteiger partial charge in [0.1, 0.15) is 11.2 Å². The number of furan rings is 1. The van der Waals surface area contributed by atoms with Gasteiger partial charge in [0.2, 0.25) is 11.4 Å². The Balaban J connectivity index is 1.21. The topological polar surface area (TPSA) is 25.3 Å². The monoisotopic (exact) mass is 683 g/mol. The fourth-order valence-corrected chi connectivity index (χ4v) is 10.6. The van der Waals surface area contributed by atoms with Crippen molar-refractivity contribution in [1.82, 2.24) is 4.40 Å². The molecule has 53 heavy (non-hydrogen) atoms. The van der Waals surface area contributed by atoms with E-state index in [4.69, 9.17) is 11.0 Å². The Hall–Kier alpha value is -6.26. The van der Waals surface area contributed by atoms with Crippen LogP contribution in [0.25, 0.3) is 88.2 Å². The van der Waals surface area contributed by atoms with Gasteiger partial charge in [0.15, 0.2) is 23.6 Å². The van der Waals surface area contributed by atoms with Crippen molar-refractivity contribution in [2.45, 2.75) is 44.1 Å². The molecule has 0 saturated carbocycles. The van der Waals surface area contributed by atoms with Crippen LogP contribution in [0.3, 0.4) is 0 Å². The molecule has 0 N–H and O–H groups in total. The van der Waals surface area contributed by atoms with Crippen LogP contribution in [0.15, 0.2) is 151 Å². The second-order valence-corrected chi connectivity index (χ2v) is 15.8. The Morgan fingerprint density at radius 3 is 2.32 bits per heavy atom. The number of nitrogens with zero attached hydrogens (tertiary/aromatic N) is 3. The van der Waals surface area contributed by atoms with Gasteiger partial charge in [-0.25, -0.2) is 0 Å². The molecule has 0 aliphatic carbocycles. The molecular weight excluding hydrogens is 647 g/mol. The zero-order chi connectivity index (χ0) is 35.2. The SMILES string of the molecule is C=C1CC2(C)[n+]3ccccc3-c3cc4c5cc6c7ccccc7oc6c6c7ccccc7n(c4cc3C2(C)CCc2ccccc2-c2cccc[n+]21)c56. The Morgan fingerprint density at radius 2 is 1.42 bits per heavy atom. The molecule has 5 aromatic carbocycles. The van der Waals surface area contributed by atoms with Crippen LogP contribution in [-0.4, -0.2) is 4.40 Å². The standard InChI is InChI=1S/C49H37N3O/c1-30-29-49(3)48(2,23-22-31-14-4-5-15-32(31)40-18-10-12-24-50(30)40)39-28-43-35(26-38(39)41-19-11-13-25-51(41)49)36-27-37-33-16-7-9-21-44(33)53-47(37)45-34-17-6-8-20-42(34)52(43)46(36)45/h4-21,24-28H,1,22-23,29H2,2-3H3/q+2. The molecule has 0 amide bonds. The van der Waals surface area contributed by atoms with Crippen molar-refractivity contribution in [3.63, 3.8) is 0 Å². The highest BCUT2D eigenvalue weighted by atomic mass is 16.3. The molecule has 0 saturated heterocycles. The second-order valence-electron chi connectivity index (χ2n) is 15.8. The van der Waals surface area contributed by atoms with Crippen molar-refractivity contribution in [2.75, 3.05) is 0 Å². The minimum absolute atomic E-state index is 0.250. The summed E-state index contributed by atoms with van der Waals surface area (Å²) in [6.07, 6.45) is 7.25. The smallest absolute Gasteiger partial charge is 0.218 e. The first kappa shape index (κ1) is 29.3. The number of fused-ring (bicyclic) bond motifs is 19. The molecule has 5 aromatic heterocycles. The van der Waals surface area contributed by atoms with Gasteiger partial charge in [-0.1, -0.05) is 54.6 Å². The van der Waals surface area contributed by atoms with Crippen LogP contribution in [0.2, 0.25) is 0 Å². The summed E-state index contributed by atoms with van der Waals surface area (Å²) < 4.78 is 14.1. The van der Waals surface area contributed by atoms with E-state index in [0.29, 0.717) is 0 Å². The number of hydrogen-bond acceptors (Lipinski definition) is 1. The number of rotatable bonds is 0. The fourth-order valence-electron chi connectivity index (χ4n) is 10.6. The van der Waals surface area contributed by atoms with E-state index in [1.54, 1.807) is 0 Å². The third kappa shape index (κ3) is 3.56. The van der Waals surface area contributed by atoms with Crippen LogP contribution in [0.1, 0.15) is 37.8 Å². The van der Waals surface area contributed by atoms with E-state index in [1.807, 2.05) is 0 Å². The maximum Gasteiger partial charge on any atom is 0.218 e. The predicted octanol–water partition coefficient (Wildman–Crippen LogP) is 11.1. The van der Waals surface area contributed by atoms with E-state index in [0.717, 1.165) is 41.5 Å². The summed E-state index contributed by atoms with van der Waals surface area (Å²) >= 11 is 0. The van der Waals surface area contributed by atoms with Gasteiger partial charge in [-0.05, 0) is 86.0 Å². The maximum atomic E-state index is 6.70. The summed E-state index contributed by atoms with van der Waals surface area (Å²) in [5.41, 5.74) is 14.0. The number of aryl methyl sites for hydroxylation is 1. The molecule has 2 aliphatic rings. The molecule has 0 fully saturated rings. The normalized spacial score (nSPS) is 19.8. The molecule has 252 valence electrons. The molecule has 2 unspecified atom stereocenters. The minimum Gasteiger partial charge on any atom is -0.455 e. The highest BCUT2D eigenvalue weighted by molar-refractivity contribution is 6.33. The Morgan fingerprint density at radius 1 is 0.660 bits per heavy atom. The third-order valence-electron chi connectivity index (χ3n) is 13.3.